The number of aliphatic hydroxyl groups is 1. The molecule has 0 unspecified atom stereocenters. The molecule has 2 fully saturated rings. The number of carbonyl (C=O) groups excluding carboxylic acids is 1. The number of nitrogens with zero attached hydrogens (tertiary/aromatic N) is 2. The summed E-state index contributed by atoms with van der Waals surface area (Å²) in [5.74, 6) is 0. The summed E-state index contributed by atoms with van der Waals surface area (Å²) in [7, 11) is -4.21. The van der Waals surface area contributed by atoms with Gasteiger partial charge in [0.1, 0.15) is 6.61 Å². The molecule has 0 radical (unpaired) electrons. The minimum atomic E-state index is -4.60. The number of halogens is 3. The highest BCUT2D eigenvalue weighted by atomic mass is 32.2. The molecule has 1 aliphatic heterocycles. The highest BCUT2D eigenvalue weighted by molar-refractivity contribution is 7.89. The number of aliphatic hydroxyl groups excluding tert-OH is 1. The molecule has 1 saturated carbocycles. The first-order valence-electron chi connectivity index (χ1n) is 13.2. The van der Waals surface area contributed by atoms with Crippen molar-refractivity contribution in [3.05, 3.63) is 65.7 Å². The van der Waals surface area contributed by atoms with Crippen molar-refractivity contribution in [3.63, 3.8) is 0 Å². The van der Waals surface area contributed by atoms with Crippen LogP contribution in [0.25, 0.3) is 0 Å². The van der Waals surface area contributed by atoms with Gasteiger partial charge in [-0.1, -0.05) is 30.3 Å². The molecular weight excluding hydrogens is 551 g/mol. The van der Waals surface area contributed by atoms with E-state index in [1.807, 2.05) is 30.3 Å². The summed E-state index contributed by atoms with van der Waals surface area (Å²) in [5, 5.41) is 13.9. The first-order valence-corrected chi connectivity index (χ1v) is 14.6. The molecule has 1 aliphatic carbocycles. The van der Waals surface area contributed by atoms with Gasteiger partial charge in [-0.3, -0.25) is 4.90 Å². The quantitative estimate of drug-likeness (QED) is 0.395. The van der Waals surface area contributed by atoms with Crippen molar-refractivity contribution in [2.75, 3.05) is 46.0 Å². The summed E-state index contributed by atoms with van der Waals surface area (Å²) in [5.41, 5.74) is -0.146. The van der Waals surface area contributed by atoms with Crippen molar-refractivity contribution < 1.29 is 41.0 Å². The number of benzene rings is 2. The third-order valence-electron chi connectivity index (χ3n) is 6.92. The average Bonchev–Trinajstić information content (AvgIpc) is 3.77. The van der Waals surface area contributed by atoms with Gasteiger partial charge in [-0.05, 0) is 49.1 Å². The Labute approximate surface area is 231 Å². The van der Waals surface area contributed by atoms with E-state index in [9.17, 15) is 31.5 Å². The minimum Gasteiger partial charge on any atom is -0.448 e. The van der Waals surface area contributed by atoms with E-state index in [-0.39, 0.29) is 30.5 Å². The SMILES string of the molecule is O=C(N[C@@H](Cc1ccccc1)[C@H](O)CN(C1CC1)S(=O)(=O)c1ccc(C(F)(F)F)cc1)OCCN1CCOCC1. The summed E-state index contributed by atoms with van der Waals surface area (Å²) in [4.78, 5) is 14.4. The average molecular weight is 586 g/mol. The molecule has 0 bridgehead atoms. The molecule has 2 N–H and O–H groups in total. The lowest BCUT2D eigenvalue weighted by atomic mass is 10.0. The van der Waals surface area contributed by atoms with Crippen LogP contribution in [0.3, 0.4) is 0 Å². The molecule has 1 saturated heterocycles. The maximum atomic E-state index is 13.4. The van der Waals surface area contributed by atoms with Gasteiger partial charge in [0.05, 0.1) is 35.8 Å². The van der Waals surface area contributed by atoms with E-state index >= 15 is 0 Å². The van der Waals surface area contributed by atoms with Crippen LogP contribution >= 0.6 is 0 Å². The highest BCUT2D eigenvalue weighted by Crippen LogP contribution is 2.34. The molecule has 2 aliphatic rings. The van der Waals surface area contributed by atoms with Gasteiger partial charge in [0.2, 0.25) is 10.0 Å². The predicted octanol–water partition coefficient (Wildman–Crippen LogP) is 2.89. The second kappa shape index (κ2) is 13.3. The topological polar surface area (TPSA) is 108 Å². The van der Waals surface area contributed by atoms with Gasteiger partial charge in [0.15, 0.2) is 0 Å². The van der Waals surface area contributed by atoms with Crippen LogP contribution in [0.15, 0.2) is 59.5 Å². The summed E-state index contributed by atoms with van der Waals surface area (Å²) < 4.78 is 77.5. The van der Waals surface area contributed by atoms with Crippen LogP contribution in [0.4, 0.5) is 18.0 Å². The summed E-state index contributed by atoms with van der Waals surface area (Å²) in [6.45, 7) is 3.03. The summed E-state index contributed by atoms with van der Waals surface area (Å²) >= 11 is 0. The Morgan fingerprint density at radius 2 is 1.75 bits per heavy atom. The smallest absolute Gasteiger partial charge is 0.416 e. The fraction of sp³-hybridized carbons (Fsp3) is 0.519. The van der Waals surface area contributed by atoms with Crippen LogP contribution < -0.4 is 5.32 Å². The van der Waals surface area contributed by atoms with Gasteiger partial charge in [-0.15, -0.1) is 0 Å². The van der Waals surface area contributed by atoms with Crippen LogP contribution in [-0.4, -0.2) is 93.0 Å². The molecule has 9 nitrogen and oxygen atoms in total. The zero-order valence-electron chi connectivity index (χ0n) is 21.9. The first-order chi connectivity index (χ1) is 19.0. The van der Waals surface area contributed by atoms with Gasteiger partial charge in [0, 0.05) is 32.2 Å². The van der Waals surface area contributed by atoms with Crippen LogP contribution in [0.5, 0.6) is 0 Å². The lowest BCUT2D eigenvalue weighted by Gasteiger charge is -2.30. The number of carbonyl (C=O) groups is 1. The van der Waals surface area contributed by atoms with Gasteiger partial charge >= 0.3 is 12.3 Å². The Morgan fingerprint density at radius 3 is 2.35 bits per heavy atom. The Bertz CT molecular complexity index is 1200. The lowest BCUT2D eigenvalue weighted by Crippen LogP contribution is -2.51. The molecule has 0 spiro atoms. The van der Waals surface area contributed by atoms with Crippen LogP contribution in [-0.2, 0) is 32.1 Å². The van der Waals surface area contributed by atoms with E-state index in [4.69, 9.17) is 9.47 Å². The van der Waals surface area contributed by atoms with Gasteiger partial charge < -0.3 is 19.9 Å². The molecule has 4 rings (SSSR count). The van der Waals surface area contributed by atoms with Crippen molar-refractivity contribution in [1.82, 2.24) is 14.5 Å². The first kappa shape index (κ1) is 30.3. The number of ether oxygens (including phenoxy) is 2. The second-order valence-electron chi connectivity index (χ2n) is 9.93. The normalized spacial score (nSPS) is 18.3. The number of alkyl carbamates (subject to hydrolysis) is 1. The summed E-state index contributed by atoms with van der Waals surface area (Å²) in [6.07, 6.45) is -5.32. The third-order valence-corrected chi connectivity index (χ3v) is 8.85. The Hall–Kier alpha value is -2.71. The molecule has 2 aromatic rings. The van der Waals surface area contributed by atoms with Gasteiger partial charge in [-0.25, -0.2) is 13.2 Å². The molecule has 0 aromatic heterocycles. The van der Waals surface area contributed by atoms with E-state index in [2.05, 4.69) is 10.2 Å². The van der Waals surface area contributed by atoms with E-state index in [1.54, 1.807) is 0 Å². The van der Waals surface area contributed by atoms with E-state index in [0.717, 1.165) is 47.2 Å². The molecule has 2 aromatic carbocycles. The van der Waals surface area contributed by atoms with E-state index < -0.39 is 40.0 Å². The zero-order valence-corrected chi connectivity index (χ0v) is 22.7. The number of amides is 1. The van der Waals surface area contributed by atoms with Gasteiger partial charge in [0.25, 0.3) is 0 Å². The number of hydrogen-bond donors (Lipinski definition) is 2. The molecule has 13 heteroatoms. The zero-order chi connectivity index (χ0) is 28.8. The fourth-order valence-corrected chi connectivity index (χ4v) is 6.21. The maximum absolute atomic E-state index is 13.4. The molecule has 1 amide bonds. The number of alkyl halides is 3. The highest BCUT2D eigenvalue weighted by Gasteiger charge is 2.41. The second-order valence-corrected chi connectivity index (χ2v) is 11.8. The maximum Gasteiger partial charge on any atom is 0.416 e. The Morgan fingerprint density at radius 1 is 1.10 bits per heavy atom. The number of sulfonamides is 1. The number of rotatable bonds is 12. The minimum absolute atomic E-state index is 0.135. The van der Waals surface area contributed by atoms with Crippen molar-refractivity contribution in [3.8, 4) is 0 Å². The van der Waals surface area contributed by atoms with Gasteiger partial charge in [-0.2, -0.15) is 17.5 Å². The Kier molecular flexibility index (Phi) is 10.1. The number of nitrogens with one attached hydrogen (secondary N) is 1. The summed E-state index contributed by atoms with van der Waals surface area (Å²) in [6, 6.07) is 11.1. The van der Waals surface area contributed by atoms with E-state index in [0.29, 0.717) is 32.6 Å². The number of hydrogen-bond acceptors (Lipinski definition) is 7. The van der Waals surface area contributed by atoms with Crippen molar-refractivity contribution in [1.29, 1.82) is 0 Å². The van der Waals surface area contributed by atoms with Crippen LogP contribution in [0, 0.1) is 0 Å². The largest absolute Gasteiger partial charge is 0.448 e. The molecule has 1 heterocycles. The predicted molar refractivity (Wildman–Crippen MR) is 140 cm³/mol. The van der Waals surface area contributed by atoms with E-state index in [1.165, 1.54) is 0 Å². The third kappa shape index (κ3) is 8.40. The fourth-order valence-electron chi connectivity index (χ4n) is 4.51. The standard InChI is InChI=1S/C27H34F3N3O6S/c28-27(29,30)21-6-10-23(11-7-21)40(36,37)33(22-8-9-22)19-25(34)24(18-20-4-2-1-3-5-20)31-26(35)39-17-14-32-12-15-38-16-13-32/h1-7,10-11,22,24-25,34H,8-9,12-19H2,(H,31,35)/t24-,25+/m0/s1. The van der Waals surface area contributed by atoms with Crippen molar-refractivity contribution >= 4 is 16.1 Å². The van der Waals surface area contributed by atoms with Crippen LogP contribution in [0.1, 0.15) is 24.0 Å². The molecule has 40 heavy (non-hydrogen) atoms. The lowest BCUT2D eigenvalue weighted by molar-refractivity contribution is -0.137. The monoisotopic (exact) mass is 585 g/mol. The molecule has 2 atom stereocenters. The molecule has 220 valence electrons. The number of morpholine rings is 1. The molecular formula is C27H34F3N3O6S. The van der Waals surface area contributed by atoms with Crippen LogP contribution in [0.2, 0.25) is 0 Å². The van der Waals surface area contributed by atoms with Crippen molar-refractivity contribution in [2.45, 2.75) is 48.5 Å². The Balaban J connectivity index is 1.44. The van der Waals surface area contributed by atoms with Crippen molar-refractivity contribution in [2.24, 2.45) is 0 Å².